The van der Waals surface area contributed by atoms with E-state index in [1.54, 1.807) is 20.8 Å². The zero-order chi connectivity index (χ0) is 15.6. The Hall–Kier alpha value is -1.70. The summed E-state index contributed by atoms with van der Waals surface area (Å²) < 4.78 is 32.3. The molecule has 8 heteroatoms. The summed E-state index contributed by atoms with van der Waals surface area (Å²) in [7, 11) is 0. The van der Waals surface area contributed by atoms with Gasteiger partial charge >= 0.3 is 18.0 Å². The molecule has 5 nitrogen and oxygen atoms in total. The fourth-order valence-electron chi connectivity index (χ4n) is 1.34. The van der Waals surface area contributed by atoms with Gasteiger partial charge in [0, 0.05) is 4.88 Å². The molecule has 1 aromatic rings. The molecule has 1 rings (SSSR count). The minimum absolute atomic E-state index is 0.0308. The molecule has 1 aromatic heterocycles. The molecule has 1 heterocycles. The molecular formula is C12H15F2NO4S. The van der Waals surface area contributed by atoms with Crippen LogP contribution in [0.4, 0.5) is 13.6 Å². The van der Waals surface area contributed by atoms with Crippen molar-refractivity contribution in [2.24, 2.45) is 0 Å². The lowest BCUT2D eigenvalue weighted by Gasteiger charge is -2.26. The van der Waals surface area contributed by atoms with Crippen molar-refractivity contribution in [3.63, 3.8) is 0 Å². The molecule has 0 aliphatic rings. The van der Waals surface area contributed by atoms with Crippen LogP contribution in [0.5, 0.6) is 0 Å². The van der Waals surface area contributed by atoms with E-state index in [1.807, 2.05) is 5.32 Å². The first kappa shape index (κ1) is 16.4. The quantitative estimate of drug-likeness (QED) is 0.896. The number of ether oxygens (including phenoxy) is 1. The third-order valence-corrected chi connectivity index (χ3v) is 3.07. The van der Waals surface area contributed by atoms with E-state index in [2.05, 4.69) is 0 Å². The van der Waals surface area contributed by atoms with Crippen molar-refractivity contribution in [2.45, 2.75) is 38.3 Å². The van der Waals surface area contributed by atoms with Gasteiger partial charge in [0.05, 0.1) is 0 Å². The minimum Gasteiger partial charge on any atom is -0.477 e. The Morgan fingerprint density at radius 3 is 2.40 bits per heavy atom. The van der Waals surface area contributed by atoms with Crippen molar-refractivity contribution >= 4 is 23.4 Å². The second-order valence-electron chi connectivity index (χ2n) is 5.02. The van der Waals surface area contributed by atoms with Crippen LogP contribution in [-0.4, -0.2) is 28.7 Å². The number of aliphatic carboxylic acids is 1. The largest absolute Gasteiger partial charge is 0.477 e. The molecule has 112 valence electrons. The molecule has 0 bridgehead atoms. The van der Waals surface area contributed by atoms with Gasteiger partial charge in [0.2, 0.25) is 0 Å². The predicted molar refractivity (Wildman–Crippen MR) is 69.0 cm³/mol. The molecule has 0 saturated carbocycles. The third kappa shape index (κ3) is 4.16. The number of amides is 1. The summed E-state index contributed by atoms with van der Waals surface area (Å²) in [6, 6.07) is 0.834. The highest BCUT2D eigenvalue weighted by Crippen LogP contribution is 2.34. The van der Waals surface area contributed by atoms with E-state index in [9.17, 15) is 18.4 Å². The number of thiophene rings is 1. The van der Waals surface area contributed by atoms with Crippen molar-refractivity contribution < 1.29 is 28.2 Å². The van der Waals surface area contributed by atoms with Crippen LogP contribution in [-0.2, 0) is 9.53 Å². The number of halogens is 2. The third-order valence-electron chi connectivity index (χ3n) is 2.14. The van der Waals surface area contributed by atoms with Crippen molar-refractivity contribution in [3.05, 3.63) is 22.4 Å². The Kier molecular flexibility index (Phi) is 4.69. The summed E-state index contributed by atoms with van der Waals surface area (Å²) in [6.45, 7) is 4.71. The number of hydrogen-bond donors (Lipinski definition) is 2. The number of carboxylic acid groups (broad SMARTS) is 1. The van der Waals surface area contributed by atoms with Crippen LogP contribution in [0.2, 0.25) is 0 Å². The lowest BCUT2D eigenvalue weighted by molar-refractivity contribution is -0.169. The average Bonchev–Trinajstić information content (AvgIpc) is 2.75. The number of carbonyl (C=O) groups excluding carboxylic acids is 1. The van der Waals surface area contributed by atoms with Crippen LogP contribution >= 0.6 is 11.3 Å². The summed E-state index contributed by atoms with van der Waals surface area (Å²) in [6.07, 6.45) is -1.10. The number of nitrogens with one attached hydrogen (secondary N) is 1. The second kappa shape index (κ2) is 5.74. The molecule has 0 saturated heterocycles. The van der Waals surface area contributed by atoms with E-state index in [-0.39, 0.29) is 4.88 Å². The van der Waals surface area contributed by atoms with Gasteiger partial charge < -0.3 is 15.2 Å². The molecular weight excluding hydrogens is 292 g/mol. The van der Waals surface area contributed by atoms with Gasteiger partial charge in [-0.2, -0.15) is 8.78 Å². The van der Waals surface area contributed by atoms with E-state index in [0.29, 0.717) is 0 Å². The fourth-order valence-corrected chi connectivity index (χ4v) is 2.16. The van der Waals surface area contributed by atoms with E-state index >= 15 is 0 Å². The van der Waals surface area contributed by atoms with Crippen LogP contribution < -0.4 is 5.32 Å². The molecule has 2 N–H and O–H groups in total. The maximum absolute atomic E-state index is 13.7. The van der Waals surface area contributed by atoms with Crippen LogP contribution in [0, 0.1) is 0 Å². The molecule has 0 aliphatic carbocycles. The van der Waals surface area contributed by atoms with Crippen LogP contribution in [0.1, 0.15) is 31.7 Å². The fraction of sp³-hybridized carbons (Fsp3) is 0.500. The van der Waals surface area contributed by atoms with E-state index < -0.39 is 29.6 Å². The number of hydrogen-bond acceptors (Lipinski definition) is 4. The molecule has 0 aromatic carbocycles. The molecule has 0 spiro atoms. The first-order valence-corrected chi connectivity index (χ1v) is 6.56. The van der Waals surface area contributed by atoms with E-state index in [4.69, 9.17) is 9.84 Å². The van der Waals surface area contributed by atoms with Gasteiger partial charge in [-0.05, 0) is 32.2 Å². The highest BCUT2D eigenvalue weighted by Gasteiger charge is 2.50. The number of rotatable bonds is 4. The molecule has 1 atom stereocenters. The van der Waals surface area contributed by atoms with E-state index in [0.717, 1.165) is 11.3 Å². The van der Waals surface area contributed by atoms with Crippen molar-refractivity contribution in [1.29, 1.82) is 0 Å². The van der Waals surface area contributed by atoms with Gasteiger partial charge in [-0.1, -0.05) is 6.07 Å². The molecule has 1 amide bonds. The predicted octanol–water partition coefficient (Wildman–Crippen LogP) is 3.03. The molecule has 0 radical (unpaired) electrons. The van der Waals surface area contributed by atoms with Crippen molar-refractivity contribution in [2.75, 3.05) is 0 Å². The van der Waals surface area contributed by atoms with Crippen LogP contribution in [0.25, 0.3) is 0 Å². The zero-order valence-electron chi connectivity index (χ0n) is 11.1. The minimum atomic E-state index is -4.14. The summed E-state index contributed by atoms with van der Waals surface area (Å²) in [5, 5.41) is 12.0. The van der Waals surface area contributed by atoms with Gasteiger partial charge in [-0.25, -0.2) is 9.59 Å². The smallest absolute Gasteiger partial charge is 0.408 e. The topological polar surface area (TPSA) is 75.6 Å². The first-order valence-electron chi connectivity index (χ1n) is 5.68. The van der Waals surface area contributed by atoms with Crippen LogP contribution in [0.3, 0.4) is 0 Å². The average molecular weight is 307 g/mol. The van der Waals surface area contributed by atoms with Gasteiger partial charge in [0.25, 0.3) is 0 Å². The summed E-state index contributed by atoms with van der Waals surface area (Å²) in [5.74, 6) is -6.45. The molecule has 0 fully saturated rings. The summed E-state index contributed by atoms with van der Waals surface area (Å²) >= 11 is 0.922. The van der Waals surface area contributed by atoms with Gasteiger partial charge in [0.1, 0.15) is 11.6 Å². The number of carbonyl (C=O) groups is 2. The Morgan fingerprint density at radius 1 is 1.40 bits per heavy atom. The monoisotopic (exact) mass is 307 g/mol. The Morgan fingerprint density at radius 2 is 2.00 bits per heavy atom. The number of carboxylic acids is 1. The van der Waals surface area contributed by atoms with Gasteiger partial charge in [-0.3, -0.25) is 0 Å². The van der Waals surface area contributed by atoms with Gasteiger partial charge in [-0.15, -0.1) is 11.3 Å². The summed E-state index contributed by atoms with van der Waals surface area (Å²) in [5.41, 5.74) is -0.872. The first-order chi connectivity index (χ1) is 9.04. The lowest BCUT2D eigenvalue weighted by Crippen LogP contribution is -2.46. The highest BCUT2D eigenvalue weighted by molar-refractivity contribution is 7.10. The Labute approximate surface area is 118 Å². The lowest BCUT2D eigenvalue weighted by atomic mass is 10.1. The molecule has 1 unspecified atom stereocenters. The highest BCUT2D eigenvalue weighted by atomic mass is 32.1. The maximum atomic E-state index is 13.7. The van der Waals surface area contributed by atoms with Crippen LogP contribution in [0.15, 0.2) is 17.5 Å². The molecule has 0 aliphatic heterocycles. The number of alkyl halides is 2. The second-order valence-corrected chi connectivity index (χ2v) is 6.00. The van der Waals surface area contributed by atoms with Crippen molar-refractivity contribution in [1.82, 2.24) is 5.32 Å². The van der Waals surface area contributed by atoms with E-state index in [1.165, 1.54) is 17.5 Å². The maximum Gasteiger partial charge on any atom is 0.408 e. The Bertz CT molecular complexity index is 482. The van der Waals surface area contributed by atoms with Crippen molar-refractivity contribution in [3.8, 4) is 0 Å². The normalized spacial score (nSPS) is 13.7. The zero-order valence-corrected chi connectivity index (χ0v) is 12.0. The summed E-state index contributed by atoms with van der Waals surface area (Å²) in [4.78, 5) is 22.3. The Balaban J connectivity index is 2.97. The SMILES string of the molecule is CC(C)(C)OC(=O)NC(c1cccs1)C(F)(F)C(=O)O. The van der Waals surface area contributed by atoms with Gasteiger partial charge in [0.15, 0.2) is 0 Å². The molecule has 20 heavy (non-hydrogen) atoms. The number of alkyl carbamates (subject to hydrolysis) is 1. The standard InChI is InChI=1S/C12H15F2NO4S/c1-11(2,3)19-10(18)15-8(7-5-4-6-20-7)12(13,14)9(16)17/h4-6,8H,1-3H3,(H,15,18)(H,16,17).